The van der Waals surface area contributed by atoms with E-state index in [9.17, 15) is 19.5 Å². The van der Waals surface area contributed by atoms with Gasteiger partial charge in [0.2, 0.25) is 11.5 Å². The van der Waals surface area contributed by atoms with Crippen LogP contribution in [0.3, 0.4) is 0 Å². The van der Waals surface area contributed by atoms with Crippen molar-refractivity contribution in [1.82, 2.24) is 19.5 Å². The van der Waals surface area contributed by atoms with Gasteiger partial charge in [-0.05, 0) is 17.1 Å². The third-order valence-corrected chi connectivity index (χ3v) is 4.96. The lowest BCUT2D eigenvalue weighted by atomic mass is 10.1. The van der Waals surface area contributed by atoms with Gasteiger partial charge in [-0.15, -0.1) is 0 Å². The molecule has 13 heteroatoms. The zero-order valence-electron chi connectivity index (χ0n) is 18.5. The van der Waals surface area contributed by atoms with Crippen LogP contribution in [0.5, 0.6) is 6.01 Å². The van der Waals surface area contributed by atoms with Crippen LogP contribution in [0.2, 0.25) is 0 Å². The van der Waals surface area contributed by atoms with Crippen molar-refractivity contribution in [3.8, 4) is 11.8 Å². The minimum Gasteiger partial charge on any atom is -0.824 e. The zero-order chi connectivity index (χ0) is 24.4. The van der Waals surface area contributed by atoms with E-state index in [1.807, 2.05) is 0 Å². The summed E-state index contributed by atoms with van der Waals surface area (Å²) in [6.45, 7) is 3.33. The maximum absolute atomic E-state index is 12.3. The van der Waals surface area contributed by atoms with Crippen molar-refractivity contribution in [2.75, 3.05) is 6.61 Å². The highest BCUT2D eigenvalue weighted by Crippen LogP contribution is 2.36. The summed E-state index contributed by atoms with van der Waals surface area (Å²) < 4.78 is 24.8. The number of ether oxygens (including phenoxy) is 4. The van der Waals surface area contributed by atoms with Crippen LogP contribution in [0.25, 0.3) is 17.0 Å². The first kappa shape index (κ1) is 23.0. The van der Waals surface area contributed by atoms with Gasteiger partial charge < -0.3 is 24.1 Å². The van der Waals surface area contributed by atoms with Crippen molar-refractivity contribution in [3.63, 3.8) is 0 Å². The van der Waals surface area contributed by atoms with E-state index < -0.39 is 48.5 Å². The van der Waals surface area contributed by atoms with E-state index in [2.05, 4.69) is 15.0 Å². The van der Waals surface area contributed by atoms with Crippen molar-refractivity contribution >= 4 is 29.1 Å². The lowest BCUT2D eigenvalue weighted by Gasteiger charge is -2.23. The third-order valence-electron chi connectivity index (χ3n) is 4.96. The second-order valence-corrected chi connectivity index (χ2v) is 7.45. The number of carbonyl (C=O) groups excluding carboxylic acids is 3. The highest BCUT2D eigenvalue weighted by Gasteiger charge is 2.51. The van der Waals surface area contributed by atoms with Crippen LogP contribution in [-0.2, 0) is 33.3 Å². The van der Waals surface area contributed by atoms with Gasteiger partial charge in [-0.25, -0.2) is 9.55 Å². The van der Waals surface area contributed by atoms with Gasteiger partial charge in [-0.2, -0.15) is 4.98 Å². The Morgan fingerprint density at radius 3 is 2.35 bits per heavy atom. The van der Waals surface area contributed by atoms with Crippen LogP contribution in [0.4, 0.5) is 0 Å². The summed E-state index contributed by atoms with van der Waals surface area (Å²) in [5.41, 5.74) is 0.400. The first-order valence-electron chi connectivity index (χ1n) is 10.3. The zero-order valence-corrected chi connectivity index (χ0v) is 18.5. The summed E-state index contributed by atoms with van der Waals surface area (Å²) in [5.74, 6) is -1.64. The van der Waals surface area contributed by atoms with Crippen LogP contribution in [-0.4, -0.2) is 62.3 Å². The minimum atomic E-state index is -1.14. The van der Waals surface area contributed by atoms with E-state index in [0.717, 1.165) is 0 Å². The van der Waals surface area contributed by atoms with Crippen LogP contribution in [0, 0.1) is 0 Å². The molecule has 0 N–H and O–H groups in total. The molecule has 1 aliphatic rings. The van der Waals surface area contributed by atoms with Gasteiger partial charge in [0.15, 0.2) is 24.1 Å². The summed E-state index contributed by atoms with van der Waals surface area (Å²) in [4.78, 5) is 47.2. The van der Waals surface area contributed by atoms with Gasteiger partial charge in [0.1, 0.15) is 12.7 Å². The van der Waals surface area contributed by atoms with Crippen molar-refractivity contribution in [2.45, 2.75) is 45.3 Å². The number of aromatic nitrogens is 5. The third kappa shape index (κ3) is 4.64. The van der Waals surface area contributed by atoms with Gasteiger partial charge in [0.25, 0.3) is 0 Å². The van der Waals surface area contributed by atoms with Gasteiger partial charge >= 0.3 is 23.7 Å². The number of imidazole rings is 1. The quantitative estimate of drug-likeness (QED) is 0.259. The molecule has 0 spiro atoms. The van der Waals surface area contributed by atoms with E-state index in [1.54, 1.807) is 35.2 Å². The Morgan fingerprint density at radius 1 is 1.03 bits per heavy atom. The predicted octanol–water partition coefficient (Wildman–Crippen LogP) is -0.499. The van der Waals surface area contributed by atoms with Crippen molar-refractivity contribution in [1.29, 1.82) is 0 Å². The molecule has 1 fully saturated rings. The molecule has 0 bridgehead atoms. The van der Waals surface area contributed by atoms with Crippen LogP contribution >= 0.6 is 0 Å². The number of rotatable bonds is 6. The second kappa shape index (κ2) is 9.39. The molecule has 34 heavy (non-hydrogen) atoms. The van der Waals surface area contributed by atoms with Crippen LogP contribution in [0.1, 0.15) is 27.0 Å². The molecule has 1 aliphatic heterocycles. The largest absolute Gasteiger partial charge is 0.824 e. The summed E-state index contributed by atoms with van der Waals surface area (Å²) >= 11 is 0. The Bertz CT molecular complexity index is 1230. The van der Waals surface area contributed by atoms with Gasteiger partial charge in [0.05, 0.1) is 18.7 Å². The Morgan fingerprint density at radius 2 is 1.71 bits per heavy atom. The fourth-order valence-corrected chi connectivity index (χ4v) is 3.71. The highest BCUT2D eigenvalue weighted by molar-refractivity contribution is 5.77. The molecule has 13 nitrogen and oxygen atoms in total. The average molecular weight is 471 g/mol. The van der Waals surface area contributed by atoms with Crippen molar-refractivity contribution in [3.05, 3.63) is 36.9 Å². The molecule has 0 radical (unpaired) electrons. The lowest BCUT2D eigenvalue weighted by molar-refractivity contribution is -0.598. The highest BCUT2D eigenvalue weighted by atomic mass is 16.7. The molecular weight excluding hydrogens is 450 g/mol. The average Bonchev–Trinajstić information content (AvgIpc) is 3.33. The lowest BCUT2D eigenvalue weighted by Crippen LogP contribution is -2.40. The molecule has 4 atom stereocenters. The number of fused-ring (bicyclic) bond motifs is 1. The number of hydrogen-bond donors (Lipinski definition) is 0. The van der Waals surface area contributed by atoms with E-state index in [0.29, 0.717) is 0 Å². The van der Waals surface area contributed by atoms with E-state index in [4.69, 9.17) is 18.9 Å². The summed E-state index contributed by atoms with van der Waals surface area (Å²) in [6, 6.07) is 4.56. The normalized spacial score (nSPS) is 21.9. The fraction of sp³-hybridized carbons (Fsp3) is 0.381. The SMILES string of the molecule is CC(=O)OC[C@H]1O[C@@H](n2cnc3c(-[n+]4ccccc4)nc([O-])nc32)[C@H](OC(C)=O)[C@@H]1OC(C)=O. The molecule has 0 aliphatic carbocycles. The molecule has 4 rings (SSSR count). The maximum Gasteiger partial charge on any atom is 0.358 e. The Kier molecular flexibility index (Phi) is 6.36. The molecule has 4 heterocycles. The summed E-state index contributed by atoms with van der Waals surface area (Å²) in [5, 5.41) is 12.3. The Labute approximate surface area is 192 Å². The van der Waals surface area contributed by atoms with Gasteiger partial charge in [-0.3, -0.25) is 19.0 Å². The number of esters is 3. The molecule has 178 valence electrons. The molecule has 0 saturated carbocycles. The Hall–Kier alpha value is -4.13. The first-order chi connectivity index (χ1) is 16.2. The smallest absolute Gasteiger partial charge is 0.358 e. The molecule has 3 aromatic heterocycles. The predicted molar refractivity (Wildman–Crippen MR) is 108 cm³/mol. The monoisotopic (exact) mass is 471 g/mol. The van der Waals surface area contributed by atoms with Crippen molar-refractivity contribution in [2.24, 2.45) is 0 Å². The van der Waals surface area contributed by atoms with E-state index >= 15 is 0 Å². The Balaban J connectivity index is 1.80. The van der Waals surface area contributed by atoms with Crippen LogP contribution < -0.4 is 9.67 Å². The molecule has 0 aromatic carbocycles. The van der Waals surface area contributed by atoms with Crippen molar-refractivity contribution < 1.29 is 43.0 Å². The van der Waals surface area contributed by atoms with E-state index in [-0.39, 0.29) is 23.6 Å². The molecule has 0 amide bonds. The maximum atomic E-state index is 12.3. The second-order valence-electron chi connectivity index (χ2n) is 7.45. The van der Waals surface area contributed by atoms with E-state index in [1.165, 1.54) is 31.7 Å². The standard InChI is InChI=1S/C21H21N5O8/c1-11(27)31-9-14-16(32-12(2)28)17(33-13(3)29)20(34-14)26-10-22-15-18(23-21(30)24-19(15)26)25-7-5-4-6-8-25/h4-8,10,14,16-17,20H,9H2,1-3H3/t14-,16-,17-,20-/m1/s1. The number of nitrogens with zero attached hydrogens (tertiary/aromatic N) is 5. The van der Waals surface area contributed by atoms with Gasteiger partial charge in [0, 0.05) is 20.8 Å². The molecule has 0 unspecified atom stereocenters. The molecule has 3 aromatic rings. The van der Waals surface area contributed by atoms with Crippen LogP contribution in [0.15, 0.2) is 36.9 Å². The van der Waals surface area contributed by atoms with Gasteiger partial charge in [-0.1, -0.05) is 6.07 Å². The molecular formula is C21H21N5O8. The summed E-state index contributed by atoms with van der Waals surface area (Å²) in [6.07, 6.45) is 0.445. The molecule has 1 saturated heterocycles. The first-order valence-corrected chi connectivity index (χ1v) is 10.3. The number of pyridine rings is 1. The number of hydrogen-bond acceptors (Lipinski definition) is 11. The summed E-state index contributed by atoms with van der Waals surface area (Å²) in [7, 11) is 0. The topological polar surface area (TPSA) is 159 Å². The fourth-order valence-electron chi connectivity index (χ4n) is 3.71. The number of carbonyl (C=O) groups is 3. The minimum absolute atomic E-state index is 0.114.